The molecule has 1 saturated heterocycles. The lowest BCUT2D eigenvalue weighted by molar-refractivity contribution is -0.116. The number of ether oxygens (including phenoxy) is 1. The van der Waals surface area contributed by atoms with E-state index in [9.17, 15) is 14.4 Å². The summed E-state index contributed by atoms with van der Waals surface area (Å²) < 4.78 is 7.65. The van der Waals surface area contributed by atoms with Crippen LogP contribution < -0.4 is 4.90 Å². The molecule has 0 radical (unpaired) electrons. The van der Waals surface area contributed by atoms with Gasteiger partial charge in [0.15, 0.2) is 0 Å². The number of aromatic nitrogens is 3. The molecule has 8 aromatic rings. The zero-order valence-electron chi connectivity index (χ0n) is 32.9. The first-order valence-electron chi connectivity index (χ1n) is 20.1. The number of fused-ring (bicyclic) bond motifs is 3. The fourth-order valence-corrected chi connectivity index (χ4v) is 8.92. The fraction of sp³-hybridized carbons (Fsp3) is 0.118. The number of carbonyl (C=O) groups is 3. The Labute approximate surface area is 346 Å². The molecular weight excluding hydrogens is 747 g/mol. The number of Topliss-reactive ketones (excluding diaryl/α,β-unsaturated/α-hetero) is 1. The van der Waals surface area contributed by atoms with Gasteiger partial charge in [-0.15, -0.1) is 0 Å². The molecule has 10 rings (SSSR count). The Morgan fingerprint density at radius 1 is 0.667 bits per heavy atom. The highest BCUT2D eigenvalue weighted by molar-refractivity contribution is 6.26. The van der Waals surface area contributed by atoms with E-state index < -0.39 is 5.54 Å². The van der Waals surface area contributed by atoms with Gasteiger partial charge in [-0.1, -0.05) is 115 Å². The number of benzene rings is 6. The Morgan fingerprint density at radius 2 is 1.28 bits per heavy atom. The van der Waals surface area contributed by atoms with Crippen molar-refractivity contribution in [3.05, 3.63) is 203 Å². The third-order valence-corrected chi connectivity index (χ3v) is 11.6. The van der Waals surface area contributed by atoms with Crippen LogP contribution in [-0.4, -0.2) is 63.6 Å². The van der Waals surface area contributed by atoms with E-state index in [-0.39, 0.29) is 23.3 Å². The molecule has 0 aliphatic carbocycles. The minimum absolute atomic E-state index is 0.0758. The monoisotopic (exact) mass is 785 g/mol. The minimum atomic E-state index is -0.855. The summed E-state index contributed by atoms with van der Waals surface area (Å²) in [5, 5.41) is 6.92. The van der Waals surface area contributed by atoms with E-state index in [4.69, 9.17) is 14.8 Å². The van der Waals surface area contributed by atoms with Gasteiger partial charge in [0.05, 0.1) is 47.5 Å². The second kappa shape index (κ2) is 15.0. The number of nitrogens with zero attached hydrogens (tertiary/aromatic N) is 5. The van der Waals surface area contributed by atoms with Crippen LogP contribution in [0, 0.1) is 0 Å². The molecule has 2 amide bonds. The van der Waals surface area contributed by atoms with Gasteiger partial charge in [0.25, 0.3) is 5.91 Å². The molecule has 4 heterocycles. The Balaban J connectivity index is 1.22. The van der Waals surface area contributed by atoms with Gasteiger partial charge in [0.2, 0.25) is 11.7 Å². The van der Waals surface area contributed by atoms with Crippen molar-refractivity contribution in [2.24, 2.45) is 0 Å². The highest BCUT2D eigenvalue weighted by Crippen LogP contribution is 2.44. The maximum atomic E-state index is 13.9. The van der Waals surface area contributed by atoms with Crippen LogP contribution in [0.3, 0.4) is 0 Å². The number of para-hydroxylation sites is 1. The van der Waals surface area contributed by atoms with Gasteiger partial charge >= 0.3 is 0 Å². The van der Waals surface area contributed by atoms with Gasteiger partial charge in [0, 0.05) is 41.9 Å². The van der Waals surface area contributed by atoms with Crippen LogP contribution in [0.4, 0.5) is 5.69 Å². The Hall–Kier alpha value is -7.49. The van der Waals surface area contributed by atoms with Crippen molar-refractivity contribution >= 4 is 51.2 Å². The second-order valence-corrected chi connectivity index (χ2v) is 15.1. The van der Waals surface area contributed by atoms with Gasteiger partial charge < -0.3 is 9.64 Å². The van der Waals surface area contributed by atoms with Crippen molar-refractivity contribution in [2.45, 2.75) is 12.5 Å². The molecule has 2 aliphatic heterocycles. The van der Waals surface area contributed by atoms with E-state index in [1.165, 1.54) is 11.8 Å². The van der Waals surface area contributed by atoms with E-state index in [1.54, 1.807) is 30.3 Å². The molecular formula is C51H39N5O4. The molecule has 6 aromatic carbocycles. The van der Waals surface area contributed by atoms with E-state index in [0.29, 0.717) is 54.3 Å². The van der Waals surface area contributed by atoms with Gasteiger partial charge in [0.1, 0.15) is 5.54 Å². The lowest BCUT2D eigenvalue weighted by atomic mass is 9.77. The van der Waals surface area contributed by atoms with Crippen LogP contribution in [0.25, 0.3) is 39.0 Å². The number of ketones is 1. The van der Waals surface area contributed by atoms with Crippen molar-refractivity contribution < 1.29 is 19.1 Å². The molecule has 2 aliphatic rings. The first-order chi connectivity index (χ1) is 29.4. The molecule has 60 heavy (non-hydrogen) atoms. The summed E-state index contributed by atoms with van der Waals surface area (Å²) in [6.07, 6.45) is 3.60. The minimum Gasteiger partial charge on any atom is -0.378 e. The number of morpholine rings is 1. The molecule has 0 spiro atoms. The molecule has 0 atom stereocenters. The third kappa shape index (κ3) is 6.01. The lowest BCUT2D eigenvalue weighted by Crippen LogP contribution is -2.40. The summed E-state index contributed by atoms with van der Waals surface area (Å²) in [7, 11) is 0. The van der Waals surface area contributed by atoms with Crippen LogP contribution in [-0.2, 0) is 15.1 Å². The van der Waals surface area contributed by atoms with Crippen molar-refractivity contribution in [3.63, 3.8) is 0 Å². The van der Waals surface area contributed by atoms with Crippen LogP contribution in [0.2, 0.25) is 0 Å². The Bertz CT molecular complexity index is 2890. The van der Waals surface area contributed by atoms with Crippen molar-refractivity contribution in [1.29, 1.82) is 0 Å². The van der Waals surface area contributed by atoms with E-state index >= 15 is 0 Å². The number of anilines is 1. The molecule has 9 heteroatoms. The zero-order valence-corrected chi connectivity index (χ0v) is 32.9. The summed E-state index contributed by atoms with van der Waals surface area (Å²) in [5.74, 6) is -0.603. The van der Waals surface area contributed by atoms with Crippen molar-refractivity contribution in [2.75, 3.05) is 31.2 Å². The predicted octanol–water partition coefficient (Wildman–Crippen LogP) is 9.15. The summed E-state index contributed by atoms with van der Waals surface area (Å²) in [6, 6.07) is 52.1. The zero-order chi connectivity index (χ0) is 40.8. The predicted molar refractivity (Wildman–Crippen MR) is 234 cm³/mol. The number of amides is 2. The summed E-state index contributed by atoms with van der Waals surface area (Å²) in [4.78, 5) is 49.2. The second-order valence-electron chi connectivity index (χ2n) is 15.1. The van der Waals surface area contributed by atoms with Crippen LogP contribution in [0.1, 0.15) is 50.0 Å². The molecule has 292 valence electrons. The molecule has 0 bridgehead atoms. The lowest BCUT2D eigenvalue weighted by Gasteiger charge is -2.37. The Morgan fingerprint density at radius 3 is 1.93 bits per heavy atom. The Kier molecular flexibility index (Phi) is 9.22. The standard InChI is InChI=1S/C51H39N5O4/c1-34(57)55-46-22-12-11-20-41(46)49(58)48(55)32-39-31-42(43-30-35(24-25-45(43)53-39)50(59)54-26-28-60-29-27-54)40-21-13-23-47-44(40)33-52-56(47)51(36-14-5-2-6-15-36,37-16-7-3-8-17-37)38-18-9-4-10-19-38/h2-25,30-33H,26-29H2,1H3. The quantitative estimate of drug-likeness (QED) is 0.118. The van der Waals surface area contributed by atoms with Gasteiger partial charge in [-0.25, -0.2) is 9.67 Å². The van der Waals surface area contributed by atoms with Crippen LogP contribution in [0.15, 0.2) is 170 Å². The van der Waals surface area contributed by atoms with Crippen LogP contribution in [0.5, 0.6) is 0 Å². The van der Waals surface area contributed by atoms with E-state index in [0.717, 1.165) is 44.1 Å². The largest absolute Gasteiger partial charge is 0.378 e. The average Bonchev–Trinajstić information content (AvgIpc) is 3.86. The van der Waals surface area contributed by atoms with Crippen molar-refractivity contribution in [3.8, 4) is 11.1 Å². The normalized spacial score (nSPS) is 14.9. The highest BCUT2D eigenvalue weighted by Gasteiger charge is 2.40. The number of pyridine rings is 1. The molecule has 0 N–H and O–H groups in total. The number of hydrogen-bond donors (Lipinski definition) is 0. The first-order valence-corrected chi connectivity index (χ1v) is 20.1. The summed E-state index contributed by atoms with van der Waals surface area (Å²) in [5.41, 5.74) is 7.74. The smallest absolute Gasteiger partial charge is 0.254 e. The fourth-order valence-electron chi connectivity index (χ4n) is 8.92. The van der Waals surface area contributed by atoms with Gasteiger partial charge in [-0.2, -0.15) is 5.10 Å². The van der Waals surface area contributed by atoms with Crippen LogP contribution >= 0.6 is 0 Å². The number of carbonyl (C=O) groups excluding carboxylic acids is 3. The average molecular weight is 786 g/mol. The maximum absolute atomic E-state index is 13.9. The van der Waals surface area contributed by atoms with Gasteiger partial charge in [-0.3, -0.25) is 19.3 Å². The number of allylic oxidation sites excluding steroid dienone is 1. The highest BCUT2D eigenvalue weighted by atomic mass is 16.5. The first kappa shape index (κ1) is 36.8. The van der Waals surface area contributed by atoms with E-state index in [1.807, 2.05) is 59.6 Å². The SMILES string of the molecule is CC(=O)N1C(=Cc2cc(-c3cccc4c3cnn4C(c3ccccc3)(c3ccccc3)c3ccccc3)c3cc(C(=O)N4CCOCC4)ccc3n2)C(=O)c2ccccc21. The third-order valence-electron chi connectivity index (χ3n) is 11.6. The van der Waals surface area contributed by atoms with Gasteiger partial charge in [-0.05, 0) is 76.4 Å². The number of rotatable bonds is 7. The molecule has 9 nitrogen and oxygen atoms in total. The molecule has 1 fully saturated rings. The van der Waals surface area contributed by atoms with Crippen molar-refractivity contribution in [1.82, 2.24) is 19.7 Å². The molecule has 2 aromatic heterocycles. The summed E-state index contributed by atoms with van der Waals surface area (Å²) >= 11 is 0. The molecule has 0 unspecified atom stereocenters. The topological polar surface area (TPSA) is 97.6 Å². The number of hydrogen-bond acceptors (Lipinski definition) is 6. The van der Waals surface area contributed by atoms with E-state index in [2.05, 4.69) is 89.6 Å². The summed E-state index contributed by atoms with van der Waals surface area (Å²) in [6.45, 7) is 3.47. The maximum Gasteiger partial charge on any atom is 0.254 e. The molecule has 0 saturated carbocycles.